The Labute approximate surface area is 159 Å². The van der Waals surface area contributed by atoms with Crippen molar-refractivity contribution < 1.29 is 9.47 Å². The molecule has 0 bridgehead atoms. The van der Waals surface area contributed by atoms with Gasteiger partial charge in [-0.05, 0) is 31.4 Å². The number of methoxy groups -OCH3 is 2. The lowest BCUT2D eigenvalue weighted by Gasteiger charge is -2.30. The van der Waals surface area contributed by atoms with Gasteiger partial charge in [0.2, 0.25) is 0 Å². The predicted molar refractivity (Wildman–Crippen MR) is 104 cm³/mol. The lowest BCUT2D eigenvalue weighted by atomic mass is 10.0. The van der Waals surface area contributed by atoms with E-state index in [1.165, 1.54) is 12.8 Å². The summed E-state index contributed by atoms with van der Waals surface area (Å²) in [6.07, 6.45) is 3.37. The average Bonchev–Trinajstić information content (AvgIpc) is 3.10. The Hall–Kier alpha value is -2.41. The molecule has 27 heavy (non-hydrogen) atoms. The highest BCUT2D eigenvalue weighted by Gasteiger charge is 2.21. The molecule has 0 aliphatic carbocycles. The molecule has 0 radical (unpaired) electrons. The van der Waals surface area contributed by atoms with Gasteiger partial charge in [0.05, 0.1) is 26.3 Å². The van der Waals surface area contributed by atoms with Crippen LogP contribution in [0.2, 0.25) is 0 Å². The van der Waals surface area contributed by atoms with Crippen molar-refractivity contribution in [1.82, 2.24) is 24.5 Å². The Morgan fingerprint density at radius 1 is 1.11 bits per heavy atom. The van der Waals surface area contributed by atoms with Crippen LogP contribution in [0.5, 0.6) is 11.5 Å². The van der Waals surface area contributed by atoms with Crippen molar-refractivity contribution in [2.24, 2.45) is 5.92 Å². The summed E-state index contributed by atoms with van der Waals surface area (Å²) < 4.78 is 13.0. The molecule has 7 nitrogen and oxygen atoms in total. The fourth-order valence-corrected chi connectivity index (χ4v) is 4.06. The average molecular weight is 369 g/mol. The monoisotopic (exact) mass is 369 g/mol. The van der Waals surface area contributed by atoms with Gasteiger partial charge >= 0.3 is 0 Å². The number of fused-ring (bicyclic) bond motifs is 3. The van der Waals surface area contributed by atoms with Crippen LogP contribution in [-0.2, 0) is 13.0 Å². The van der Waals surface area contributed by atoms with E-state index in [2.05, 4.69) is 33.3 Å². The highest BCUT2D eigenvalue weighted by Crippen LogP contribution is 2.33. The second-order valence-electron chi connectivity index (χ2n) is 7.36. The molecule has 7 heteroatoms. The summed E-state index contributed by atoms with van der Waals surface area (Å²) in [5.41, 5.74) is 1.68. The zero-order valence-electron chi connectivity index (χ0n) is 16.5. The summed E-state index contributed by atoms with van der Waals surface area (Å²) in [6.45, 7) is 7.47. The van der Waals surface area contributed by atoms with Crippen LogP contribution in [0.25, 0.3) is 16.6 Å². The van der Waals surface area contributed by atoms with Gasteiger partial charge in [-0.2, -0.15) is 0 Å². The largest absolute Gasteiger partial charge is 0.493 e. The van der Waals surface area contributed by atoms with E-state index >= 15 is 0 Å². The van der Waals surface area contributed by atoms with E-state index in [9.17, 15) is 0 Å². The van der Waals surface area contributed by atoms with Gasteiger partial charge in [0.15, 0.2) is 23.0 Å². The first-order chi connectivity index (χ1) is 13.1. The lowest BCUT2D eigenvalue weighted by Crippen LogP contribution is -2.34. The summed E-state index contributed by atoms with van der Waals surface area (Å²) in [4.78, 5) is 7.35. The SMILES string of the molecule is CCc1nc2cc(OC)c(OC)cc2c2nnc(CN3CCCC(C)C3)n12. The van der Waals surface area contributed by atoms with E-state index in [-0.39, 0.29) is 0 Å². The molecule has 1 aliphatic heterocycles. The molecule has 3 aromatic rings. The van der Waals surface area contributed by atoms with Gasteiger partial charge in [-0.15, -0.1) is 10.2 Å². The minimum atomic E-state index is 0.672. The zero-order valence-corrected chi connectivity index (χ0v) is 16.5. The number of nitrogens with zero attached hydrogens (tertiary/aromatic N) is 5. The van der Waals surface area contributed by atoms with Crippen LogP contribution in [0.1, 0.15) is 38.3 Å². The molecule has 0 N–H and O–H groups in total. The van der Waals surface area contributed by atoms with Crippen LogP contribution in [0.15, 0.2) is 12.1 Å². The van der Waals surface area contributed by atoms with Gasteiger partial charge in [-0.3, -0.25) is 9.30 Å². The van der Waals surface area contributed by atoms with E-state index in [0.717, 1.165) is 60.2 Å². The maximum absolute atomic E-state index is 5.47. The molecule has 0 saturated carbocycles. The summed E-state index contributed by atoms with van der Waals surface area (Å²) in [6, 6.07) is 3.85. The van der Waals surface area contributed by atoms with E-state index in [4.69, 9.17) is 14.5 Å². The van der Waals surface area contributed by atoms with Crippen molar-refractivity contribution in [1.29, 1.82) is 0 Å². The van der Waals surface area contributed by atoms with Crippen LogP contribution in [0.3, 0.4) is 0 Å². The van der Waals surface area contributed by atoms with Crippen molar-refractivity contribution in [3.05, 3.63) is 23.8 Å². The molecule has 2 aromatic heterocycles. The zero-order chi connectivity index (χ0) is 19.0. The topological polar surface area (TPSA) is 64.8 Å². The minimum Gasteiger partial charge on any atom is -0.493 e. The van der Waals surface area contributed by atoms with Crippen molar-refractivity contribution >= 4 is 16.6 Å². The Balaban J connectivity index is 1.84. The van der Waals surface area contributed by atoms with Crippen molar-refractivity contribution in [2.75, 3.05) is 27.3 Å². The molecule has 0 amide bonds. The summed E-state index contributed by atoms with van der Waals surface area (Å²) in [7, 11) is 3.28. The number of aryl methyl sites for hydroxylation is 1. The smallest absolute Gasteiger partial charge is 0.171 e. The summed E-state index contributed by atoms with van der Waals surface area (Å²) in [5, 5.41) is 9.98. The number of piperidine rings is 1. The number of ether oxygens (including phenoxy) is 2. The second kappa shape index (κ2) is 7.31. The maximum atomic E-state index is 5.47. The van der Waals surface area contributed by atoms with Gasteiger partial charge in [0.1, 0.15) is 5.82 Å². The molecule has 1 aromatic carbocycles. The summed E-state index contributed by atoms with van der Waals surface area (Å²) in [5.74, 6) is 4.01. The van der Waals surface area contributed by atoms with E-state index in [1.807, 2.05) is 12.1 Å². The minimum absolute atomic E-state index is 0.672. The molecule has 1 aliphatic rings. The number of likely N-dealkylation sites (tertiary alicyclic amines) is 1. The number of hydrogen-bond acceptors (Lipinski definition) is 6. The van der Waals surface area contributed by atoms with Crippen LogP contribution in [0.4, 0.5) is 0 Å². The second-order valence-corrected chi connectivity index (χ2v) is 7.36. The standard InChI is InChI=1S/C20H27N5O2/c1-5-18-21-15-10-17(27-4)16(26-3)9-14(15)20-23-22-19(25(18)20)12-24-8-6-7-13(2)11-24/h9-10,13H,5-8,11-12H2,1-4H3. The van der Waals surface area contributed by atoms with Gasteiger partial charge < -0.3 is 9.47 Å². The highest BCUT2D eigenvalue weighted by atomic mass is 16.5. The normalized spacial score (nSPS) is 18.3. The van der Waals surface area contributed by atoms with Gasteiger partial charge in [-0.25, -0.2) is 4.98 Å². The number of benzene rings is 1. The number of hydrogen-bond donors (Lipinski definition) is 0. The van der Waals surface area contributed by atoms with Crippen molar-refractivity contribution in [3.8, 4) is 11.5 Å². The predicted octanol–water partition coefficient (Wildman–Crippen LogP) is 3.09. The van der Waals surface area contributed by atoms with Crippen LogP contribution in [-0.4, -0.2) is 51.8 Å². The molecule has 1 fully saturated rings. The quantitative estimate of drug-likeness (QED) is 0.689. The van der Waals surface area contributed by atoms with Crippen LogP contribution >= 0.6 is 0 Å². The molecule has 1 saturated heterocycles. The van der Waals surface area contributed by atoms with Gasteiger partial charge in [0, 0.05) is 24.4 Å². The Bertz CT molecular complexity index is 968. The molecule has 4 rings (SSSR count). The number of aromatic nitrogens is 4. The highest BCUT2D eigenvalue weighted by molar-refractivity contribution is 5.93. The first kappa shape index (κ1) is 18.0. The van der Waals surface area contributed by atoms with E-state index in [1.54, 1.807) is 14.2 Å². The fraction of sp³-hybridized carbons (Fsp3) is 0.550. The maximum Gasteiger partial charge on any atom is 0.171 e. The van der Waals surface area contributed by atoms with Crippen LogP contribution in [0, 0.1) is 5.92 Å². The lowest BCUT2D eigenvalue weighted by molar-refractivity contribution is 0.172. The van der Waals surface area contributed by atoms with Crippen molar-refractivity contribution in [2.45, 2.75) is 39.7 Å². The summed E-state index contributed by atoms with van der Waals surface area (Å²) >= 11 is 0. The van der Waals surface area contributed by atoms with E-state index in [0.29, 0.717) is 11.5 Å². The Kier molecular flexibility index (Phi) is 4.86. The van der Waals surface area contributed by atoms with Gasteiger partial charge in [-0.1, -0.05) is 13.8 Å². The third-order valence-electron chi connectivity index (χ3n) is 5.40. The molecule has 1 unspecified atom stereocenters. The van der Waals surface area contributed by atoms with E-state index < -0.39 is 0 Å². The Morgan fingerprint density at radius 2 is 1.89 bits per heavy atom. The van der Waals surface area contributed by atoms with Gasteiger partial charge in [0.25, 0.3) is 0 Å². The Morgan fingerprint density at radius 3 is 2.59 bits per heavy atom. The molecule has 0 spiro atoms. The molecular formula is C20H27N5O2. The fourth-order valence-electron chi connectivity index (χ4n) is 4.06. The van der Waals surface area contributed by atoms with Crippen molar-refractivity contribution in [3.63, 3.8) is 0 Å². The first-order valence-electron chi connectivity index (χ1n) is 9.65. The molecule has 144 valence electrons. The third-order valence-corrected chi connectivity index (χ3v) is 5.40. The first-order valence-corrected chi connectivity index (χ1v) is 9.65. The third kappa shape index (κ3) is 3.20. The molecule has 1 atom stereocenters. The molecular weight excluding hydrogens is 342 g/mol. The molecule has 3 heterocycles. The number of rotatable bonds is 5. The van der Waals surface area contributed by atoms with Crippen LogP contribution < -0.4 is 9.47 Å².